The number of esters is 1. The van der Waals surface area contributed by atoms with Crippen molar-refractivity contribution >= 4 is 80.1 Å². The van der Waals surface area contributed by atoms with Gasteiger partial charge in [0.25, 0.3) is 5.91 Å². The fourth-order valence-electron chi connectivity index (χ4n) is 4.75. The van der Waals surface area contributed by atoms with Gasteiger partial charge in [-0.15, -0.1) is 0 Å². The highest BCUT2D eigenvalue weighted by atomic mass is 127. The number of hydrogen-bond acceptors (Lipinski definition) is 6. The molecule has 2 saturated carbocycles. The predicted molar refractivity (Wildman–Crippen MR) is 153 cm³/mol. The van der Waals surface area contributed by atoms with E-state index in [2.05, 4.69) is 49.9 Å². The van der Waals surface area contributed by atoms with E-state index in [1.54, 1.807) is 0 Å². The number of aliphatic imine (C=N–C) groups is 1. The van der Waals surface area contributed by atoms with E-state index in [-0.39, 0.29) is 18.6 Å². The van der Waals surface area contributed by atoms with Crippen LogP contribution in [0, 0.1) is 7.14 Å². The Morgan fingerprint density at radius 1 is 1.09 bits per heavy atom. The smallest absolute Gasteiger partial charge is 0.343 e. The molecule has 3 aliphatic rings. The second-order valence-electron chi connectivity index (χ2n) is 8.96. The summed E-state index contributed by atoms with van der Waals surface area (Å²) < 4.78 is 12.1. The number of methoxy groups -OCH3 is 1. The molecule has 0 atom stereocenters. The van der Waals surface area contributed by atoms with E-state index >= 15 is 0 Å². The van der Waals surface area contributed by atoms with Crippen molar-refractivity contribution in [1.82, 2.24) is 4.90 Å². The molecule has 4 rings (SSSR count). The van der Waals surface area contributed by atoms with E-state index in [0.29, 0.717) is 11.8 Å². The Kier molecular flexibility index (Phi) is 9.59. The second-order valence-corrected chi connectivity index (χ2v) is 12.3. The van der Waals surface area contributed by atoms with Crippen LogP contribution >= 0.6 is 56.9 Å². The van der Waals surface area contributed by atoms with Crippen LogP contribution in [0.1, 0.15) is 69.8 Å². The van der Waals surface area contributed by atoms with Crippen LogP contribution in [0.2, 0.25) is 0 Å². The van der Waals surface area contributed by atoms with Crippen LogP contribution in [0.5, 0.6) is 5.75 Å². The Morgan fingerprint density at radius 3 is 2.32 bits per heavy atom. The van der Waals surface area contributed by atoms with E-state index < -0.39 is 5.97 Å². The van der Waals surface area contributed by atoms with E-state index in [0.717, 1.165) is 48.5 Å². The van der Waals surface area contributed by atoms with Gasteiger partial charge in [-0.25, -0.2) is 4.79 Å². The lowest BCUT2D eigenvalue weighted by Gasteiger charge is -2.31. The van der Waals surface area contributed by atoms with Gasteiger partial charge in [-0.2, -0.15) is 0 Å². The van der Waals surface area contributed by atoms with Gasteiger partial charge >= 0.3 is 5.97 Å². The largest absolute Gasteiger partial charge is 0.480 e. The number of rotatable bonds is 6. The molecule has 0 aromatic heterocycles. The first-order valence-electron chi connectivity index (χ1n) is 12.0. The van der Waals surface area contributed by atoms with Crippen LogP contribution in [0.4, 0.5) is 0 Å². The van der Waals surface area contributed by atoms with Crippen LogP contribution in [0.25, 0.3) is 6.08 Å². The number of carbonyl (C=O) groups excluding carboxylic acids is 2. The molecular weight excluding hydrogens is 678 g/mol. The summed E-state index contributed by atoms with van der Waals surface area (Å²) in [7, 11) is 1.34. The monoisotopic (exact) mass is 708 g/mol. The standard InChI is InChI=1S/C25H30I2N2O4S/c1-32-22(30)15-33-23-19(26)12-16(13-20(23)27)14-21-24(31)29(18-10-6-3-7-11-18)25(34-21)28-17-8-4-2-5-9-17/h12-14,17-18H,2-11,15H2,1H3. The normalized spacial score (nSPS) is 22.6. The quantitative estimate of drug-likeness (QED) is 0.195. The van der Waals surface area contributed by atoms with Crippen LogP contribution in [-0.4, -0.2) is 47.7 Å². The molecule has 1 aromatic carbocycles. The van der Waals surface area contributed by atoms with Crippen LogP contribution in [0.15, 0.2) is 22.0 Å². The number of halogens is 2. The summed E-state index contributed by atoms with van der Waals surface area (Å²) in [5.74, 6) is 0.323. The first kappa shape index (κ1) is 26.2. The van der Waals surface area contributed by atoms with E-state index in [4.69, 9.17) is 9.73 Å². The van der Waals surface area contributed by atoms with Gasteiger partial charge in [-0.05, 0) is 106 Å². The molecule has 9 heteroatoms. The number of hydrogen-bond donors (Lipinski definition) is 0. The lowest BCUT2D eigenvalue weighted by Crippen LogP contribution is -2.41. The maximum Gasteiger partial charge on any atom is 0.343 e. The van der Waals surface area contributed by atoms with Gasteiger partial charge in [0.05, 0.1) is 25.2 Å². The highest BCUT2D eigenvalue weighted by Gasteiger charge is 2.39. The molecule has 0 bridgehead atoms. The topological polar surface area (TPSA) is 68.2 Å². The van der Waals surface area contributed by atoms with Crippen molar-refractivity contribution in [3.05, 3.63) is 29.7 Å². The van der Waals surface area contributed by atoms with Crippen LogP contribution in [0.3, 0.4) is 0 Å². The van der Waals surface area contributed by atoms with Crippen molar-refractivity contribution in [3.63, 3.8) is 0 Å². The Hall–Kier alpha value is -0.820. The summed E-state index contributed by atoms with van der Waals surface area (Å²) in [6, 6.07) is 4.56. The van der Waals surface area contributed by atoms with Crippen LogP contribution in [-0.2, 0) is 14.3 Å². The highest BCUT2D eigenvalue weighted by Crippen LogP contribution is 2.39. The molecule has 34 heavy (non-hydrogen) atoms. The average molecular weight is 708 g/mol. The third-order valence-electron chi connectivity index (χ3n) is 6.52. The molecule has 1 aliphatic heterocycles. The Balaban J connectivity index is 1.59. The third kappa shape index (κ3) is 6.48. The van der Waals surface area contributed by atoms with E-state index in [1.165, 1.54) is 57.4 Å². The Morgan fingerprint density at radius 2 is 1.71 bits per heavy atom. The first-order chi connectivity index (χ1) is 16.5. The zero-order valence-corrected chi connectivity index (χ0v) is 24.5. The molecule has 0 radical (unpaired) electrons. The number of amides is 1. The van der Waals surface area contributed by atoms with Crippen molar-refractivity contribution in [1.29, 1.82) is 0 Å². The lowest BCUT2D eigenvalue weighted by atomic mass is 9.94. The van der Waals surface area contributed by atoms with Gasteiger partial charge < -0.3 is 9.47 Å². The van der Waals surface area contributed by atoms with Gasteiger partial charge in [-0.3, -0.25) is 14.7 Å². The van der Waals surface area contributed by atoms with Gasteiger partial charge in [0.1, 0.15) is 5.75 Å². The van der Waals surface area contributed by atoms with E-state index in [9.17, 15) is 9.59 Å². The lowest BCUT2D eigenvalue weighted by molar-refractivity contribution is -0.143. The van der Waals surface area contributed by atoms with Crippen molar-refractivity contribution in [3.8, 4) is 5.75 Å². The minimum atomic E-state index is -0.418. The summed E-state index contributed by atoms with van der Waals surface area (Å²) in [5, 5.41) is 0.900. The van der Waals surface area contributed by atoms with Gasteiger partial charge in [0, 0.05) is 6.04 Å². The molecule has 0 unspecified atom stereocenters. The summed E-state index contributed by atoms with van der Waals surface area (Å²) in [6.07, 6.45) is 13.7. The third-order valence-corrected chi connectivity index (χ3v) is 9.12. The van der Waals surface area contributed by atoms with Crippen LogP contribution < -0.4 is 4.74 Å². The van der Waals surface area contributed by atoms with Crippen molar-refractivity contribution < 1.29 is 19.1 Å². The van der Waals surface area contributed by atoms with E-state index in [1.807, 2.05) is 23.1 Å². The molecule has 6 nitrogen and oxygen atoms in total. The molecule has 0 N–H and O–H groups in total. The van der Waals surface area contributed by atoms with Crippen molar-refractivity contribution in [2.45, 2.75) is 76.3 Å². The molecule has 0 spiro atoms. The first-order valence-corrected chi connectivity index (χ1v) is 14.9. The van der Waals surface area contributed by atoms with Gasteiger partial charge in [0.15, 0.2) is 11.8 Å². The highest BCUT2D eigenvalue weighted by molar-refractivity contribution is 14.1. The summed E-state index contributed by atoms with van der Waals surface area (Å²) in [6.45, 7) is -0.130. The number of benzene rings is 1. The minimum absolute atomic E-state index is 0.0856. The second kappa shape index (κ2) is 12.4. The average Bonchev–Trinajstić information content (AvgIpc) is 3.13. The molecular formula is C25H30I2N2O4S. The molecule has 1 saturated heterocycles. The molecule has 1 heterocycles. The fourth-order valence-corrected chi connectivity index (χ4v) is 7.98. The zero-order valence-electron chi connectivity index (χ0n) is 19.4. The number of amidine groups is 1. The summed E-state index contributed by atoms with van der Waals surface area (Å²) in [5.41, 5.74) is 0.942. The Labute approximate surface area is 233 Å². The minimum Gasteiger partial charge on any atom is -0.480 e. The molecule has 2 aliphatic carbocycles. The number of ether oxygens (including phenoxy) is 2. The van der Waals surface area contributed by atoms with Gasteiger partial charge in [0.2, 0.25) is 0 Å². The molecule has 1 aromatic rings. The molecule has 184 valence electrons. The number of nitrogens with zero attached hydrogens (tertiary/aromatic N) is 2. The Bertz CT molecular complexity index is 962. The summed E-state index contributed by atoms with van der Waals surface area (Å²) >= 11 is 5.94. The SMILES string of the molecule is COC(=O)COc1c(I)cc(C=C2SC(=NC3CCCCC3)N(C3CCCCC3)C2=O)cc1I. The maximum absolute atomic E-state index is 13.6. The summed E-state index contributed by atoms with van der Waals surface area (Å²) in [4.78, 5) is 32.9. The van der Waals surface area contributed by atoms with Crippen molar-refractivity contribution in [2.24, 2.45) is 4.99 Å². The molecule has 3 fully saturated rings. The fraction of sp³-hybridized carbons (Fsp3) is 0.560. The number of thioether (sulfide) groups is 1. The number of carbonyl (C=O) groups is 2. The maximum atomic E-state index is 13.6. The van der Waals surface area contributed by atoms with Crippen molar-refractivity contribution in [2.75, 3.05) is 13.7 Å². The van der Waals surface area contributed by atoms with Gasteiger partial charge in [-0.1, -0.05) is 38.5 Å². The molecule has 1 amide bonds. The zero-order chi connectivity index (χ0) is 24.1. The predicted octanol–water partition coefficient (Wildman–Crippen LogP) is 6.39.